The van der Waals surface area contributed by atoms with Gasteiger partial charge < -0.3 is 10.1 Å². The summed E-state index contributed by atoms with van der Waals surface area (Å²) in [5.41, 5.74) is -2.75. The van der Waals surface area contributed by atoms with Gasteiger partial charge in [0, 0.05) is 17.9 Å². The molecule has 0 radical (unpaired) electrons. The van der Waals surface area contributed by atoms with Crippen molar-refractivity contribution >= 4 is 5.91 Å². The molecule has 1 aliphatic carbocycles. The predicted octanol–water partition coefficient (Wildman–Crippen LogP) is 7.60. The van der Waals surface area contributed by atoms with Crippen molar-refractivity contribution in [2.75, 3.05) is 6.61 Å². The Kier molecular flexibility index (Phi) is 8.13. The maximum absolute atomic E-state index is 13.3. The predicted molar refractivity (Wildman–Crippen MR) is 124 cm³/mol. The lowest BCUT2D eigenvalue weighted by Gasteiger charge is -2.47. The van der Waals surface area contributed by atoms with E-state index in [1.807, 2.05) is 37.3 Å². The molecule has 0 saturated heterocycles. The lowest BCUT2D eigenvalue weighted by atomic mass is 9.64. The number of rotatable bonds is 7. The molecule has 1 N–H and O–H groups in total. The summed E-state index contributed by atoms with van der Waals surface area (Å²) in [5, 5.41) is 3.07. The maximum atomic E-state index is 13.3. The third-order valence-electron chi connectivity index (χ3n) is 7.36. The molecule has 0 unspecified atom stereocenters. The van der Waals surface area contributed by atoms with Crippen molar-refractivity contribution in [3.8, 4) is 0 Å². The van der Waals surface area contributed by atoms with Crippen molar-refractivity contribution in [2.24, 2.45) is 0 Å². The summed E-state index contributed by atoms with van der Waals surface area (Å²) in [6.45, 7) is 5.07. The van der Waals surface area contributed by atoms with Gasteiger partial charge >= 0.3 is 12.4 Å². The number of halogens is 6. The van der Waals surface area contributed by atoms with E-state index in [2.05, 4.69) is 5.32 Å². The van der Waals surface area contributed by atoms with Crippen molar-refractivity contribution < 1.29 is 35.9 Å². The molecule has 0 aliphatic heterocycles. The Morgan fingerprint density at radius 3 is 1.92 bits per heavy atom. The molecular weight excluding hydrogens is 484 g/mol. The minimum absolute atomic E-state index is 0.112. The summed E-state index contributed by atoms with van der Waals surface area (Å²) in [6.07, 6.45) is -7.44. The Balaban J connectivity index is 1.88. The van der Waals surface area contributed by atoms with Crippen LogP contribution in [0.25, 0.3) is 0 Å². The Morgan fingerprint density at radius 1 is 0.944 bits per heavy atom. The minimum atomic E-state index is -4.92. The van der Waals surface area contributed by atoms with Gasteiger partial charge in [-0.15, -0.1) is 0 Å². The smallest absolute Gasteiger partial charge is 0.373 e. The number of hydrogen-bond acceptors (Lipinski definition) is 2. The second-order valence-electron chi connectivity index (χ2n) is 9.75. The summed E-state index contributed by atoms with van der Waals surface area (Å²) in [4.78, 5) is 11.8. The van der Waals surface area contributed by atoms with E-state index in [-0.39, 0.29) is 29.7 Å². The van der Waals surface area contributed by atoms with Gasteiger partial charge in [0.05, 0.1) is 23.8 Å². The first-order chi connectivity index (χ1) is 16.7. The van der Waals surface area contributed by atoms with Crippen LogP contribution < -0.4 is 5.32 Å². The summed E-state index contributed by atoms with van der Waals surface area (Å²) in [6, 6.07) is 11.1. The highest BCUT2D eigenvalue weighted by atomic mass is 19.4. The molecule has 0 heterocycles. The maximum Gasteiger partial charge on any atom is 0.416 e. The van der Waals surface area contributed by atoms with Crippen LogP contribution in [0.5, 0.6) is 0 Å². The van der Waals surface area contributed by atoms with Gasteiger partial charge in [0.15, 0.2) is 0 Å². The minimum Gasteiger partial charge on any atom is -0.373 e. The highest BCUT2D eigenvalue weighted by molar-refractivity contribution is 5.73. The van der Waals surface area contributed by atoms with E-state index >= 15 is 0 Å². The van der Waals surface area contributed by atoms with E-state index in [9.17, 15) is 31.1 Å². The normalized spacial score (nSPS) is 23.8. The van der Waals surface area contributed by atoms with Gasteiger partial charge in [-0.05, 0) is 68.4 Å². The second-order valence-corrected chi connectivity index (χ2v) is 9.75. The van der Waals surface area contributed by atoms with Gasteiger partial charge in [0.2, 0.25) is 5.91 Å². The number of alkyl halides is 6. The van der Waals surface area contributed by atoms with Crippen LogP contribution in [0.1, 0.15) is 81.2 Å². The van der Waals surface area contributed by atoms with E-state index < -0.39 is 35.0 Å². The van der Waals surface area contributed by atoms with Gasteiger partial charge in [-0.1, -0.05) is 37.3 Å². The van der Waals surface area contributed by atoms with Crippen LogP contribution in [0.4, 0.5) is 26.3 Å². The molecule has 1 fully saturated rings. The lowest BCUT2D eigenvalue weighted by molar-refractivity contribution is -0.143. The van der Waals surface area contributed by atoms with Crippen LogP contribution in [0.15, 0.2) is 48.5 Å². The average Bonchev–Trinajstić information content (AvgIpc) is 2.82. The molecule has 3 rings (SSSR count). The molecule has 2 aromatic carbocycles. The molecule has 2 aromatic rings. The van der Waals surface area contributed by atoms with Gasteiger partial charge in [-0.25, -0.2) is 0 Å². The van der Waals surface area contributed by atoms with Crippen molar-refractivity contribution in [1.29, 1.82) is 0 Å². The molecule has 0 spiro atoms. The van der Waals surface area contributed by atoms with Gasteiger partial charge in [0.25, 0.3) is 0 Å². The third-order valence-corrected chi connectivity index (χ3v) is 7.36. The highest BCUT2D eigenvalue weighted by Crippen LogP contribution is 2.46. The van der Waals surface area contributed by atoms with Gasteiger partial charge in [-0.2, -0.15) is 26.3 Å². The van der Waals surface area contributed by atoms with Crippen LogP contribution in [-0.4, -0.2) is 18.1 Å². The average molecular weight is 516 g/mol. The zero-order valence-electron chi connectivity index (χ0n) is 20.5. The van der Waals surface area contributed by atoms with Gasteiger partial charge in [-0.3, -0.25) is 4.79 Å². The quantitative estimate of drug-likeness (QED) is 0.386. The van der Waals surface area contributed by atoms with E-state index in [0.29, 0.717) is 25.7 Å². The standard InChI is InChI=1S/C27H31F6NO2/c1-4-25(34-19(3)35)12-10-24(11-13-25,21-8-6-5-7-9-21)17-36-18(2)20-14-22(26(28,29)30)16-23(15-20)27(31,32)33/h5-9,14-16,18H,4,10-13,17H2,1-3H3,(H,34,35)/t18-,24?,25?/m1/s1. The van der Waals surface area contributed by atoms with Gasteiger partial charge in [0.1, 0.15) is 0 Å². The van der Waals surface area contributed by atoms with Crippen LogP contribution >= 0.6 is 0 Å². The molecule has 1 saturated carbocycles. The van der Waals surface area contributed by atoms with Crippen molar-refractivity contribution in [1.82, 2.24) is 5.32 Å². The molecule has 1 aliphatic rings. The summed E-state index contributed by atoms with van der Waals surface area (Å²) >= 11 is 0. The fourth-order valence-electron chi connectivity index (χ4n) is 5.05. The molecule has 36 heavy (non-hydrogen) atoms. The number of benzene rings is 2. The summed E-state index contributed by atoms with van der Waals surface area (Å²) < 4.78 is 85.9. The monoisotopic (exact) mass is 515 g/mol. The van der Waals surface area contributed by atoms with Crippen molar-refractivity contribution in [2.45, 2.75) is 82.3 Å². The van der Waals surface area contributed by atoms with Crippen LogP contribution in [0.2, 0.25) is 0 Å². The second kappa shape index (κ2) is 10.4. The first kappa shape index (κ1) is 28.0. The van der Waals surface area contributed by atoms with Crippen molar-refractivity contribution in [3.05, 3.63) is 70.8 Å². The topological polar surface area (TPSA) is 38.3 Å². The van der Waals surface area contributed by atoms with Crippen LogP contribution in [0, 0.1) is 0 Å². The molecule has 9 heteroatoms. The number of nitrogens with one attached hydrogen (secondary N) is 1. The largest absolute Gasteiger partial charge is 0.416 e. The zero-order valence-corrected chi connectivity index (χ0v) is 20.5. The third kappa shape index (κ3) is 6.41. The number of hydrogen-bond donors (Lipinski definition) is 1. The summed E-state index contributed by atoms with van der Waals surface area (Å²) in [5.74, 6) is -0.112. The van der Waals surface area contributed by atoms with E-state index in [0.717, 1.165) is 24.1 Å². The fraction of sp³-hybridized carbons (Fsp3) is 0.519. The lowest BCUT2D eigenvalue weighted by Crippen LogP contribution is -2.53. The van der Waals surface area contributed by atoms with E-state index in [1.54, 1.807) is 0 Å². The Hall–Kier alpha value is -2.55. The van der Waals surface area contributed by atoms with E-state index in [1.165, 1.54) is 13.8 Å². The number of ether oxygens (including phenoxy) is 1. The molecular formula is C27H31F6NO2. The SMILES string of the molecule is CCC1(NC(C)=O)CCC(CO[C@H](C)c2cc(C(F)(F)F)cc(C(F)(F)F)c2)(c2ccccc2)CC1. The Morgan fingerprint density at radius 2 is 1.47 bits per heavy atom. The number of amides is 1. The molecule has 0 aromatic heterocycles. The molecule has 1 atom stereocenters. The Labute approximate surface area is 207 Å². The number of carbonyl (C=O) groups excluding carboxylic acids is 1. The fourth-order valence-corrected chi connectivity index (χ4v) is 5.05. The van der Waals surface area contributed by atoms with Crippen LogP contribution in [-0.2, 0) is 27.3 Å². The first-order valence-electron chi connectivity index (χ1n) is 11.9. The molecule has 0 bridgehead atoms. The molecule has 1 amide bonds. The van der Waals surface area contributed by atoms with Crippen molar-refractivity contribution in [3.63, 3.8) is 0 Å². The van der Waals surface area contributed by atoms with E-state index in [4.69, 9.17) is 4.74 Å². The highest BCUT2D eigenvalue weighted by Gasteiger charge is 2.44. The molecule has 198 valence electrons. The first-order valence-corrected chi connectivity index (χ1v) is 11.9. The zero-order chi connectivity index (χ0) is 26.8. The number of carbonyl (C=O) groups is 1. The molecule has 3 nitrogen and oxygen atoms in total. The Bertz CT molecular complexity index is 1010. The summed E-state index contributed by atoms with van der Waals surface area (Å²) in [7, 11) is 0. The van der Waals surface area contributed by atoms with Crippen LogP contribution in [0.3, 0.4) is 0 Å².